The summed E-state index contributed by atoms with van der Waals surface area (Å²) in [4.78, 5) is 8.79. The van der Waals surface area contributed by atoms with E-state index in [2.05, 4.69) is 37.3 Å². The Bertz CT molecular complexity index is 1130. The van der Waals surface area contributed by atoms with Crippen molar-refractivity contribution >= 4 is 44.3 Å². The monoisotopic (exact) mass is 434 g/mol. The number of halogens is 1. The second kappa shape index (κ2) is 7.86. The van der Waals surface area contributed by atoms with Crippen molar-refractivity contribution in [3.05, 3.63) is 71.2 Å². The van der Waals surface area contributed by atoms with Crippen molar-refractivity contribution in [3.8, 4) is 16.9 Å². The molecule has 0 spiro atoms. The molecule has 5 nitrogen and oxygen atoms in total. The maximum absolute atomic E-state index is 5.92. The molecule has 3 N–H and O–H groups in total. The number of nitrogens with two attached hydrogens (primary N) is 1. The number of nitrogens with zero attached hydrogens (tertiary/aromatic N) is 2. The Hall–Kier alpha value is -3.12. The van der Waals surface area contributed by atoms with E-state index >= 15 is 0 Å². The van der Waals surface area contributed by atoms with Crippen LogP contribution in [-0.4, -0.2) is 16.6 Å². The van der Waals surface area contributed by atoms with Gasteiger partial charge in [0.25, 0.3) is 0 Å². The maximum Gasteiger partial charge on any atom is 0.222 e. The summed E-state index contributed by atoms with van der Waals surface area (Å²) in [6.45, 7) is 2.63. The normalized spacial score (nSPS) is 10.8. The number of hydrogen-bond acceptors (Lipinski definition) is 5. The molecule has 0 aliphatic carbocycles. The molecule has 6 heteroatoms. The van der Waals surface area contributed by atoms with Gasteiger partial charge < -0.3 is 15.8 Å². The van der Waals surface area contributed by atoms with Gasteiger partial charge in [0.15, 0.2) is 0 Å². The lowest BCUT2D eigenvalue weighted by Gasteiger charge is -2.11. The van der Waals surface area contributed by atoms with Crippen LogP contribution in [0.25, 0.3) is 22.0 Å². The molecule has 1 heterocycles. The maximum atomic E-state index is 5.92. The first-order chi connectivity index (χ1) is 13.6. The van der Waals surface area contributed by atoms with Gasteiger partial charge in [-0.25, -0.2) is 4.98 Å². The molecule has 0 aliphatic rings. The highest BCUT2D eigenvalue weighted by Crippen LogP contribution is 2.31. The van der Waals surface area contributed by atoms with E-state index in [1.54, 1.807) is 0 Å². The number of fused-ring (bicyclic) bond motifs is 1. The second-order valence-corrected chi connectivity index (χ2v) is 7.17. The van der Waals surface area contributed by atoms with Gasteiger partial charge in [-0.2, -0.15) is 4.98 Å². The van der Waals surface area contributed by atoms with Crippen molar-refractivity contribution in [3.63, 3.8) is 0 Å². The van der Waals surface area contributed by atoms with Gasteiger partial charge in [0.2, 0.25) is 5.95 Å². The quantitative estimate of drug-likeness (QED) is 0.416. The highest BCUT2D eigenvalue weighted by Gasteiger charge is 2.09. The van der Waals surface area contributed by atoms with E-state index in [4.69, 9.17) is 10.5 Å². The zero-order chi connectivity index (χ0) is 19.5. The van der Waals surface area contributed by atoms with E-state index in [0.717, 1.165) is 37.9 Å². The van der Waals surface area contributed by atoms with Gasteiger partial charge in [-0.3, -0.25) is 0 Å². The molecule has 4 aromatic rings. The second-order valence-electron chi connectivity index (χ2n) is 6.26. The van der Waals surface area contributed by atoms with Crippen LogP contribution in [-0.2, 0) is 0 Å². The topological polar surface area (TPSA) is 73.1 Å². The molecule has 0 saturated carbocycles. The van der Waals surface area contributed by atoms with Crippen LogP contribution in [0.3, 0.4) is 0 Å². The summed E-state index contributed by atoms with van der Waals surface area (Å²) < 4.78 is 6.51. The predicted molar refractivity (Wildman–Crippen MR) is 118 cm³/mol. The number of anilines is 3. The Morgan fingerprint density at radius 3 is 2.50 bits per heavy atom. The van der Waals surface area contributed by atoms with Crippen molar-refractivity contribution < 1.29 is 4.74 Å². The number of ether oxygens (including phenoxy) is 1. The summed E-state index contributed by atoms with van der Waals surface area (Å²) in [7, 11) is 0. The predicted octanol–water partition coefficient (Wildman–Crippen LogP) is 5.78. The Morgan fingerprint density at radius 1 is 0.964 bits per heavy atom. The molecule has 0 radical (unpaired) electrons. The Balaban J connectivity index is 1.76. The Morgan fingerprint density at radius 2 is 1.75 bits per heavy atom. The van der Waals surface area contributed by atoms with Crippen molar-refractivity contribution in [2.75, 3.05) is 17.7 Å². The lowest BCUT2D eigenvalue weighted by atomic mass is 10.0. The summed E-state index contributed by atoms with van der Waals surface area (Å²) in [5.74, 6) is 1.77. The largest absolute Gasteiger partial charge is 0.494 e. The van der Waals surface area contributed by atoms with Crippen LogP contribution in [0.1, 0.15) is 6.92 Å². The van der Waals surface area contributed by atoms with Gasteiger partial charge in [-0.05, 0) is 60.5 Å². The fourth-order valence-electron chi connectivity index (χ4n) is 3.03. The van der Waals surface area contributed by atoms with Crippen molar-refractivity contribution in [1.82, 2.24) is 9.97 Å². The SMILES string of the molecule is CCOc1ccc(-c2ccc3nc(N)nc(Nc4cccc(Br)c4)c3c2)cc1. The van der Waals surface area contributed by atoms with Gasteiger partial charge in [-0.1, -0.05) is 40.2 Å². The number of nitrogens with one attached hydrogen (secondary N) is 1. The minimum Gasteiger partial charge on any atom is -0.494 e. The summed E-state index contributed by atoms with van der Waals surface area (Å²) in [5, 5.41) is 4.26. The zero-order valence-corrected chi connectivity index (χ0v) is 16.9. The molecule has 0 aliphatic heterocycles. The van der Waals surface area contributed by atoms with Crippen molar-refractivity contribution in [1.29, 1.82) is 0 Å². The molecule has 0 saturated heterocycles. The first-order valence-corrected chi connectivity index (χ1v) is 9.75. The van der Waals surface area contributed by atoms with Crippen molar-refractivity contribution in [2.45, 2.75) is 6.92 Å². The molecular weight excluding hydrogens is 416 g/mol. The minimum atomic E-state index is 0.235. The minimum absolute atomic E-state index is 0.235. The standard InChI is InChI=1S/C22H19BrN4O/c1-2-28-18-9-6-14(7-10-18)15-8-11-20-19(12-15)21(27-22(24)26-20)25-17-5-3-4-16(23)13-17/h3-13H,2H2,1H3,(H3,24,25,26,27). The number of aromatic nitrogens is 2. The van der Waals surface area contributed by atoms with Gasteiger partial charge in [0.05, 0.1) is 12.1 Å². The number of nitrogen functional groups attached to an aromatic ring is 1. The van der Waals surface area contributed by atoms with E-state index < -0.39 is 0 Å². The lowest BCUT2D eigenvalue weighted by Crippen LogP contribution is -2.01. The number of benzene rings is 3. The molecule has 4 rings (SSSR count). The average Bonchev–Trinajstić information content (AvgIpc) is 2.69. The molecule has 0 unspecified atom stereocenters. The molecule has 3 aromatic carbocycles. The zero-order valence-electron chi connectivity index (χ0n) is 15.3. The summed E-state index contributed by atoms with van der Waals surface area (Å²) in [6, 6.07) is 22.0. The summed E-state index contributed by atoms with van der Waals surface area (Å²) in [5.41, 5.74) is 9.79. The molecule has 0 amide bonds. The highest BCUT2D eigenvalue weighted by atomic mass is 79.9. The van der Waals surface area contributed by atoms with Crippen LogP contribution < -0.4 is 15.8 Å². The smallest absolute Gasteiger partial charge is 0.222 e. The van der Waals surface area contributed by atoms with E-state index in [9.17, 15) is 0 Å². The third-order valence-corrected chi connectivity index (χ3v) is 4.79. The van der Waals surface area contributed by atoms with Gasteiger partial charge in [0, 0.05) is 15.5 Å². The fraction of sp³-hybridized carbons (Fsp3) is 0.0909. The molecule has 0 fully saturated rings. The number of rotatable bonds is 5. The molecule has 140 valence electrons. The van der Waals surface area contributed by atoms with E-state index in [-0.39, 0.29) is 5.95 Å². The van der Waals surface area contributed by atoms with Crippen LogP contribution in [0, 0.1) is 0 Å². The van der Waals surface area contributed by atoms with E-state index in [1.807, 2.05) is 67.6 Å². The van der Waals surface area contributed by atoms with E-state index in [0.29, 0.717) is 12.4 Å². The fourth-order valence-corrected chi connectivity index (χ4v) is 3.43. The van der Waals surface area contributed by atoms with Crippen LogP contribution >= 0.6 is 15.9 Å². The third-order valence-electron chi connectivity index (χ3n) is 4.30. The average molecular weight is 435 g/mol. The van der Waals surface area contributed by atoms with E-state index in [1.165, 1.54) is 0 Å². The van der Waals surface area contributed by atoms with Crippen LogP contribution in [0.15, 0.2) is 71.2 Å². The van der Waals surface area contributed by atoms with Gasteiger partial charge >= 0.3 is 0 Å². The molecule has 0 atom stereocenters. The molecule has 0 bridgehead atoms. The first kappa shape index (κ1) is 18.3. The summed E-state index contributed by atoms with van der Waals surface area (Å²) in [6.07, 6.45) is 0. The Labute approximate surface area is 171 Å². The van der Waals surface area contributed by atoms with Crippen LogP contribution in [0.5, 0.6) is 5.75 Å². The van der Waals surface area contributed by atoms with Gasteiger partial charge in [-0.15, -0.1) is 0 Å². The first-order valence-electron chi connectivity index (χ1n) is 8.95. The molecule has 28 heavy (non-hydrogen) atoms. The summed E-state index contributed by atoms with van der Waals surface area (Å²) >= 11 is 3.49. The molecular formula is C22H19BrN4O. The highest BCUT2D eigenvalue weighted by molar-refractivity contribution is 9.10. The number of hydrogen-bond donors (Lipinski definition) is 2. The molecule has 1 aromatic heterocycles. The van der Waals surface area contributed by atoms with Crippen LogP contribution in [0.2, 0.25) is 0 Å². The third kappa shape index (κ3) is 3.92. The van der Waals surface area contributed by atoms with Crippen LogP contribution in [0.4, 0.5) is 17.5 Å². The van der Waals surface area contributed by atoms with Gasteiger partial charge in [0.1, 0.15) is 11.6 Å². The van der Waals surface area contributed by atoms with Crippen molar-refractivity contribution in [2.24, 2.45) is 0 Å². The Kier molecular flexibility index (Phi) is 5.12. The lowest BCUT2D eigenvalue weighted by molar-refractivity contribution is 0.340.